The zero-order valence-electron chi connectivity index (χ0n) is 11.6. The molecule has 1 N–H and O–H groups in total. The van der Waals surface area contributed by atoms with Crippen molar-refractivity contribution in [1.82, 2.24) is 4.72 Å². The average Bonchev–Trinajstić information content (AvgIpc) is 3.11. The molecule has 2 rings (SSSR count). The molecular weight excluding hydrogens is 262 g/mol. The van der Waals surface area contributed by atoms with Crippen molar-refractivity contribution in [2.75, 3.05) is 6.61 Å². The molecule has 1 heterocycles. The topological polar surface area (TPSA) is 58.7 Å². The van der Waals surface area contributed by atoms with Gasteiger partial charge in [0.1, 0.15) is 0 Å². The van der Waals surface area contributed by atoms with Crippen molar-refractivity contribution in [3.63, 3.8) is 0 Å². The number of nitrogens with one attached hydrogen (secondary N) is 1. The third-order valence-corrected chi connectivity index (χ3v) is 5.41. The minimum atomic E-state index is -3.37. The van der Waals surface area contributed by atoms with Crippen molar-refractivity contribution in [3.8, 4) is 0 Å². The Balaban J connectivity index is 2.19. The van der Waals surface area contributed by atoms with Crippen molar-refractivity contribution in [2.24, 2.45) is 0 Å². The second-order valence-electron chi connectivity index (χ2n) is 5.89. The summed E-state index contributed by atoms with van der Waals surface area (Å²) in [6, 6.07) is 9.42. The maximum absolute atomic E-state index is 12.3. The second kappa shape index (κ2) is 5.23. The van der Waals surface area contributed by atoms with Crippen LogP contribution in [0.2, 0.25) is 0 Å². The Labute approximate surface area is 115 Å². The highest BCUT2D eigenvalue weighted by atomic mass is 32.2. The smallest absolute Gasteiger partial charge is 0.217 e. The molecule has 0 bridgehead atoms. The second-order valence-corrected chi connectivity index (χ2v) is 8.36. The van der Waals surface area contributed by atoms with Crippen molar-refractivity contribution in [2.45, 2.75) is 44.1 Å². The fourth-order valence-corrected chi connectivity index (χ4v) is 2.73. The number of sulfonamides is 1. The van der Waals surface area contributed by atoms with E-state index in [0.29, 0.717) is 6.42 Å². The SMILES string of the molecule is CC(C)(C)S(=O)(=O)N[C@H](C[C@H]1CO1)c1ccccc1. The van der Waals surface area contributed by atoms with Gasteiger partial charge >= 0.3 is 0 Å². The molecule has 0 saturated carbocycles. The summed E-state index contributed by atoms with van der Waals surface area (Å²) < 4.78 is 31.8. The van der Waals surface area contributed by atoms with E-state index in [1.165, 1.54) is 0 Å². The van der Waals surface area contributed by atoms with E-state index in [1.54, 1.807) is 20.8 Å². The van der Waals surface area contributed by atoms with Crippen molar-refractivity contribution in [3.05, 3.63) is 35.9 Å². The number of rotatable bonds is 5. The largest absolute Gasteiger partial charge is 0.373 e. The normalized spacial score (nSPS) is 21.1. The number of epoxide rings is 1. The molecule has 106 valence electrons. The highest BCUT2D eigenvalue weighted by Crippen LogP contribution is 2.28. The molecule has 1 saturated heterocycles. The molecule has 4 nitrogen and oxygen atoms in total. The molecule has 0 amide bonds. The molecule has 0 unspecified atom stereocenters. The summed E-state index contributed by atoms with van der Waals surface area (Å²) in [7, 11) is -3.37. The maximum Gasteiger partial charge on any atom is 0.217 e. The van der Waals surface area contributed by atoms with Crippen LogP contribution in [0.4, 0.5) is 0 Å². The molecule has 5 heteroatoms. The van der Waals surface area contributed by atoms with Gasteiger partial charge in [-0.15, -0.1) is 0 Å². The van der Waals surface area contributed by atoms with Gasteiger partial charge in [-0.25, -0.2) is 13.1 Å². The summed E-state index contributed by atoms with van der Waals surface area (Å²) in [6.45, 7) is 5.82. The van der Waals surface area contributed by atoms with Gasteiger partial charge in [-0.2, -0.15) is 0 Å². The summed E-state index contributed by atoms with van der Waals surface area (Å²) in [4.78, 5) is 0. The van der Waals surface area contributed by atoms with Crippen LogP contribution in [-0.2, 0) is 14.8 Å². The third-order valence-electron chi connectivity index (χ3n) is 3.21. The van der Waals surface area contributed by atoms with Crippen LogP contribution in [0.1, 0.15) is 38.8 Å². The van der Waals surface area contributed by atoms with Crippen LogP contribution < -0.4 is 4.72 Å². The minimum absolute atomic E-state index is 0.174. The first-order chi connectivity index (χ1) is 8.79. The lowest BCUT2D eigenvalue weighted by Crippen LogP contribution is -2.41. The molecule has 1 aromatic rings. The first-order valence-electron chi connectivity index (χ1n) is 6.48. The fourth-order valence-electron chi connectivity index (χ4n) is 1.77. The molecular formula is C14H21NO3S. The highest BCUT2D eigenvalue weighted by molar-refractivity contribution is 7.90. The summed E-state index contributed by atoms with van der Waals surface area (Å²) >= 11 is 0. The quantitative estimate of drug-likeness (QED) is 0.843. The number of hydrogen-bond acceptors (Lipinski definition) is 3. The van der Waals surface area contributed by atoms with Crippen molar-refractivity contribution >= 4 is 10.0 Å². The van der Waals surface area contributed by atoms with Crippen LogP contribution in [-0.4, -0.2) is 25.9 Å². The standard InChI is InChI=1S/C14H21NO3S/c1-14(2,3)19(16,17)15-13(9-12-10-18-12)11-7-5-4-6-8-11/h4-8,12-13,15H,9-10H2,1-3H3/t12-,13+/m0/s1. The van der Waals surface area contributed by atoms with Crippen LogP contribution in [0, 0.1) is 0 Å². The van der Waals surface area contributed by atoms with Crippen LogP contribution in [0.25, 0.3) is 0 Å². The molecule has 19 heavy (non-hydrogen) atoms. The van der Waals surface area contributed by atoms with Crippen molar-refractivity contribution < 1.29 is 13.2 Å². The predicted octanol–water partition coefficient (Wildman–Crippen LogP) is 2.23. The van der Waals surface area contributed by atoms with Gasteiger partial charge in [0.2, 0.25) is 10.0 Å². The van der Waals surface area contributed by atoms with Gasteiger partial charge in [-0.1, -0.05) is 30.3 Å². The summed E-state index contributed by atoms with van der Waals surface area (Å²) in [5.41, 5.74) is 0.978. The molecule has 0 aliphatic carbocycles. The van der Waals surface area contributed by atoms with Crippen molar-refractivity contribution in [1.29, 1.82) is 0 Å². The van der Waals surface area contributed by atoms with E-state index >= 15 is 0 Å². The molecule has 0 radical (unpaired) electrons. The van der Waals surface area contributed by atoms with Gasteiger partial charge in [0.15, 0.2) is 0 Å². The number of ether oxygens (including phenoxy) is 1. The number of hydrogen-bond donors (Lipinski definition) is 1. The molecule has 1 aliphatic heterocycles. The summed E-state index contributed by atoms with van der Waals surface area (Å²) in [5, 5.41) is 0. The zero-order valence-corrected chi connectivity index (χ0v) is 12.4. The Kier molecular flexibility index (Phi) is 3.99. The van der Waals surface area contributed by atoms with E-state index < -0.39 is 14.8 Å². The molecule has 1 fully saturated rings. The molecule has 0 spiro atoms. The molecule has 1 aromatic carbocycles. The predicted molar refractivity (Wildman–Crippen MR) is 75.3 cm³/mol. The van der Waals surface area contributed by atoms with Crippen LogP contribution in [0.15, 0.2) is 30.3 Å². The first kappa shape index (κ1) is 14.5. The van der Waals surface area contributed by atoms with E-state index in [9.17, 15) is 8.42 Å². The van der Waals surface area contributed by atoms with Crippen LogP contribution in [0.5, 0.6) is 0 Å². The van der Waals surface area contributed by atoms with Gasteiger partial charge in [0.05, 0.1) is 17.5 Å². The Hall–Kier alpha value is -0.910. The summed E-state index contributed by atoms with van der Waals surface area (Å²) in [6.07, 6.45) is 0.854. The summed E-state index contributed by atoms with van der Waals surface area (Å²) in [5.74, 6) is 0. The highest BCUT2D eigenvalue weighted by Gasteiger charge is 2.34. The zero-order chi connectivity index (χ0) is 14.1. The van der Waals surface area contributed by atoms with Crippen LogP contribution >= 0.6 is 0 Å². The minimum Gasteiger partial charge on any atom is -0.373 e. The molecule has 2 atom stereocenters. The van der Waals surface area contributed by atoms with E-state index in [1.807, 2.05) is 30.3 Å². The maximum atomic E-state index is 12.3. The third kappa shape index (κ3) is 3.78. The van der Waals surface area contributed by atoms with Gasteiger partial charge in [-0.05, 0) is 32.8 Å². The Bertz CT molecular complexity index is 515. The Morgan fingerprint density at radius 3 is 2.37 bits per heavy atom. The van der Waals surface area contributed by atoms with Gasteiger partial charge < -0.3 is 4.74 Å². The molecule has 0 aromatic heterocycles. The molecule has 1 aliphatic rings. The number of benzene rings is 1. The van der Waals surface area contributed by atoms with Gasteiger partial charge in [-0.3, -0.25) is 0 Å². The first-order valence-corrected chi connectivity index (χ1v) is 7.96. The van der Waals surface area contributed by atoms with E-state index in [0.717, 1.165) is 12.2 Å². The van der Waals surface area contributed by atoms with E-state index in [-0.39, 0.29) is 12.1 Å². The lowest BCUT2D eigenvalue weighted by atomic mass is 10.0. The van der Waals surface area contributed by atoms with E-state index in [2.05, 4.69) is 4.72 Å². The van der Waals surface area contributed by atoms with Crippen LogP contribution in [0.3, 0.4) is 0 Å². The Morgan fingerprint density at radius 2 is 1.89 bits per heavy atom. The average molecular weight is 283 g/mol. The van der Waals surface area contributed by atoms with Gasteiger partial charge in [0.25, 0.3) is 0 Å². The van der Waals surface area contributed by atoms with Gasteiger partial charge in [0, 0.05) is 6.04 Å². The fraction of sp³-hybridized carbons (Fsp3) is 0.571. The monoisotopic (exact) mass is 283 g/mol. The lowest BCUT2D eigenvalue weighted by molar-refractivity contribution is 0.374. The Morgan fingerprint density at radius 1 is 1.32 bits per heavy atom. The van der Waals surface area contributed by atoms with E-state index in [4.69, 9.17) is 4.74 Å². The lowest BCUT2D eigenvalue weighted by Gasteiger charge is -2.25.